The van der Waals surface area contributed by atoms with Crippen molar-refractivity contribution in [2.45, 2.75) is 12.5 Å². The number of hydrogen-bond acceptors (Lipinski definition) is 5. The molecule has 0 saturated carbocycles. The van der Waals surface area contributed by atoms with Crippen LogP contribution in [-0.4, -0.2) is 53.5 Å². The summed E-state index contributed by atoms with van der Waals surface area (Å²) < 4.78 is 10.5. The van der Waals surface area contributed by atoms with E-state index in [0.29, 0.717) is 19.7 Å². The molecule has 0 bridgehead atoms. The van der Waals surface area contributed by atoms with Crippen LogP contribution in [0.5, 0.6) is 5.75 Å². The molecule has 1 aromatic carbocycles. The van der Waals surface area contributed by atoms with Crippen molar-refractivity contribution in [3.8, 4) is 5.75 Å². The molecule has 0 aliphatic carbocycles. The number of hydrogen-bond donors (Lipinski definition) is 2. The van der Waals surface area contributed by atoms with E-state index < -0.39 is 11.9 Å². The Balaban J connectivity index is 1.47. The van der Waals surface area contributed by atoms with Crippen molar-refractivity contribution in [3.63, 3.8) is 0 Å². The molecule has 1 fully saturated rings. The maximum atomic E-state index is 12.1. The zero-order valence-electron chi connectivity index (χ0n) is 13.9. The molecule has 0 radical (unpaired) electrons. The number of benzene rings is 1. The lowest BCUT2D eigenvalue weighted by Gasteiger charge is -2.17. The van der Waals surface area contributed by atoms with Gasteiger partial charge in [-0.25, -0.2) is 4.79 Å². The van der Waals surface area contributed by atoms with Gasteiger partial charge in [0.1, 0.15) is 18.6 Å². The van der Waals surface area contributed by atoms with Crippen molar-refractivity contribution in [2.75, 3.05) is 19.7 Å². The molecule has 2 heterocycles. The van der Waals surface area contributed by atoms with Gasteiger partial charge in [-0.05, 0) is 12.1 Å². The number of nitrogens with one attached hydrogen (secondary N) is 1. The van der Waals surface area contributed by atoms with Gasteiger partial charge in [0.05, 0.1) is 18.2 Å². The molecule has 1 atom stereocenters. The van der Waals surface area contributed by atoms with Crippen molar-refractivity contribution >= 4 is 17.8 Å². The average Bonchev–Trinajstić information content (AvgIpc) is 3.23. The van der Waals surface area contributed by atoms with Crippen molar-refractivity contribution in [1.82, 2.24) is 10.2 Å². The van der Waals surface area contributed by atoms with Gasteiger partial charge >= 0.3 is 5.97 Å². The number of likely N-dealkylation sites (tertiary alicyclic amines) is 1. The Morgan fingerprint density at radius 3 is 2.77 bits per heavy atom. The molecule has 1 saturated heterocycles. The van der Waals surface area contributed by atoms with Crippen LogP contribution in [0.4, 0.5) is 0 Å². The Morgan fingerprint density at radius 1 is 1.31 bits per heavy atom. The molecule has 26 heavy (non-hydrogen) atoms. The van der Waals surface area contributed by atoms with E-state index in [1.54, 1.807) is 4.90 Å². The highest BCUT2D eigenvalue weighted by molar-refractivity contribution is 5.96. The van der Waals surface area contributed by atoms with Gasteiger partial charge in [0, 0.05) is 19.0 Å². The molecule has 1 aliphatic heterocycles. The zero-order valence-corrected chi connectivity index (χ0v) is 13.9. The smallest absolute Gasteiger partial charge is 0.338 e. The first-order chi connectivity index (χ1) is 12.5. The molecular weight excluding hydrogens is 340 g/mol. The second-order valence-electron chi connectivity index (χ2n) is 5.88. The molecule has 8 nitrogen and oxygen atoms in total. The fourth-order valence-corrected chi connectivity index (χ4v) is 2.70. The number of carboxylic acids is 1. The van der Waals surface area contributed by atoms with Crippen LogP contribution < -0.4 is 10.1 Å². The number of nitrogens with zero attached hydrogens (tertiary/aromatic N) is 1. The van der Waals surface area contributed by atoms with Crippen LogP contribution in [0.3, 0.4) is 0 Å². The van der Waals surface area contributed by atoms with Crippen molar-refractivity contribution in [3.05, 3.63) is 54.0 Å². The number of carbonyl (C=O) groups is 3. The third-order valence-corrected chi connectivity index (χ3v) is 3.99. The van der Waals surface area contributed by atoms with E-state index >= 15 is 0 Å². The molecule has 1 unspecified atom stereocenters. The first-order valence-corrected chi connectivity index (χ1v) is 8.11. The zero-order chi connectivity index (χ0) is 18.5. The minimum Gasteiger partial charge on any atom is -0.492 e. The summed E-state index contributed by atoms with van der Waals surface area (Å²) in [5, 5.41) is 11.5. The Labute approximate surface area is 149 Å². The standard InChI is InChI=1S/C18H18N2O6/c21-16-9-13(19-17(22)15-8-12(11-26-15)18(23)24)10-20(16)6-7-25-14-4-2-1-3-5-14/h1-5,8,11,13H,6-7,9-10H2,(H,19,22)(H,23,24). The molecule has 8 heteroatoms. The van der Waals surface area contributed by atoms with Gasteiger partial charge in [-0.3, -0.25) is 9.59 Å². The maximum Gasteiger partial charge on any atom is 0.338 e. The first kappa shape index (κ1) is 17.5. The third kappa shape index (κ3) is 4.21. The average molecular weight is 358 g/mol. The van der Waals surface area contributed by atoms with Crippen molar-refractivity contribution in [2.24, 2.45) is 0 Å². The fraction of sp³-hybridized carbons (Fsp3) is 0.278. The van der Waals surface area contributed by atoms with E-state index in [0.717, 1.165) is 18.1 Å². The topological polar surface area (TPSA) is 109 Å². The largest absolute Gasteiger partial charge is 0.492 e. The molecule has 1 aromatic heterocycles. The Bertz CT molecular complexity index is 801. The lowest BCUT2D eigenvalue weighted by molar-refractivity contribution is -0.128. The normalized spacial score (nSPS) is 16.5. The van der Waals surface area contributed by atoms with E-state index in [2.05, 4.69) is 5.32 Å². The summed E-state index contributed by atoms with van der Waals surface area (Å²) in [5.41, 5.74) is -0.0997. The second-order valence-corrected chi connectivity index (χ2v) is 5.88. The third-order valence-electron chi connectivity index (χ3n) is 3.99. The van der Waals surface area contributed by atoms with Gasteiger partial charge < -0.3 is 24.5 Å². The number of para-hydroxylation sites is 1. The quantitative estimate of drug-likeness (QED) is 0.774. The molecule has 136 valence electrons. The van der Waals surface area contributed by atoms with Crippen LogP contribution in [-0.2, 0) is 4.79 Å². The predicted octanol–water partition coefficient (Wildman–Crippen LogP) is 1.39. The predicted molar refractivity (Wildman–Crippen MR) is 90.1 cm³/mol. The number of furan rings is 1. The highest BCUT2D eigenvalue weighted by atomic mass is 16.5. The van der Waals surface area contributed by atoms with E-state index in [1.165, 1.54) is 0 Å². The number of amides is 2. The summed E-state index contributed by atoms with van der Waals surface area (Å²) in [6.45, 7) is 1.15. The van der Waals surface area contributed by atoms with Gasteiger partial charge in [-0.2, -0.15) is 0 Å². The van der Waals surface area contributed by atoms with Crippen LogP contribution >= 0.6 is 0 Å². The molecule has 2 aromatic rings. The van der Waals surface area contributed by atoms with Gasteiger partial charge in [0.2, 0.25) is 5.91 Å². The Morgan fingerprint density at radius 2 is 2.08 bits per heavy atom. The summed E-state index contributed by atoms with van der Waals surface area (Å²) in [6.07, 6.45) is 1.19. The summed E-state index contributed by atoms with van der Waals surface area (Å²) in [7, 11) is 0. The van der Waals surface area contributed by atoms with Crippen LogP contribution in [0.25, 0.3) is 0 Å². The molecule has 0 spiro atoms. The van der Waals surface area contributed by atoms with Gasteiger partial charge in [0.25, 0.3) is 5.91 Å². The van der Waals surface area contributed by atoms with Crippen LogP contribution in [0, 0.1) is 0 Å². The number of carboxylic acid groups (broad SMARTS) is 1. The highest BCUT2D eigenvalue weighted by Gasteiger charge is 2.31. The second kappa shape index (κ2) is 7.73. The molecule has 2 N–H and O–H groups in total. The van der Waals surface area contributed by atoms with Crippen LogP contribution in [0.2, 0.25) is 0 Å². The highest BCUT2D eigenvalue weighted by Crippen LogP contribution is 2.14. The van der Waals surface area contributed by atoms with Gasteiger partial charge in [-0.1, -0.05) is 18.2 Å². The number of carbonyl (C=O) groups excluding carboxylic acids is 2. The Hall–Kier alpha value is -3.29. The van der Waals surface area contributed by atoms with Crippen molar-refractivity contribution < 1.29 is 28.6 Å². The van der Waals surface area contributed by atoms with E-state index in [4.69, 9.17) is 14.3 Å². The van der Waals surface area contributed by atoms with E-state index in [1.807, 2.05) is 30.3 Å². The fourth-order valence-electron chi connectivity index (χ4n) is 2.70. The Kier molecular flexibility index (Phi) is 5.21. The minimum absolute atomic E-state index is 0.0716. The van der Waals surface area contributed by atoms with Crippen LogP contribution in [0.15, 0.2) is 47.1 Å². The molecule has 2 amide bonds. The number of rotatable bonds is 7. The minimum atomic E-state index is -1.17. The summed E-state index contributed by atoms with van der Waals surface area (Å²) >= 11 is 0. The number of aromatic carboxylic acids is 1. The molecule has 1 aliphatic rings. The maximum absolute atomic E-state index is 12.1. The van der Waals surface area contributed by atoms with E-state index in [9.17, 15) is 14.4 Å². The van der Waals surface area contributed by atoms with Crippen molar-refractivity contribution in [1.29, 1.82) is 0 Å². The first-order valence-electron chi connectivity index (χ1n) is 8.11. The summed E-state index contributed by atoms with van der Waals surface area (Å²) in [6, 6.07) is 10.1. The molecular formula is C18H18N2O6. The lowest BCUT2D eigenvalue weighted by atomic mass is 10.2. The number of ether oxygens (including phenoxy) is 1. The van der Waals surface area contributed by atoms with E-state index in [-0.39, 0.29) is 29.7 Å². The van der Waals surface area contributed by atoms with Gasteiger partial charge in [-0.15, -0.1) is 0 Å². The summed E-state index contributed by atoms with van der Waals surface area (Å²) in [4.78, 5) is 36.6. The van der Waals surface area contributed by atoms with Gasteiger partial charge in [0.15, 0.2) is 5.76 Å². The lowest BCUT2D eigenvalue weighted by Crippen LogP contribution is -2.37. The monoisotopic (exact) mass is 358 g/mol. The summed E-state index contributed by atoms with van der Waals surface area (Å²) in [5.74, 6) is -1.15. The SMILES string of the molecule is O=C(O)c1coc(C(=O)NC2CC(=O)N(CCOc3ccccc3)C2)c1. The molecule has 3 rings (SSSR count). The van der Waals surface area contributed by atoms with Crippen LogP contribution in [0.1, 0.15) is 27.3 Å².